The summed E-state index contributed by atoms with van der Waals surface area (Å²) < 4.78 is 6.17. The van der Waals surface area contributed by atoms with Gasteiger partial charge < -0.3 is 30.3 Å². The van der Waals surface area contributed by atoms with Gasteiger partial charge in [0, 0.05) is 35.3 Å². The number of ketones is 2. The van der Waals surface area contributed by atoms with E-state index in [0.29, 0.717) is 11.1 Å². The Morgan fingerprint density at radius 3 is 2.08 bits per heavy atom. The molecule has 6 rings (SSSR count). The second kappa shape index (κ2) is 8.14. The van der Waals surface area contributed by atoms with Crippen molar-refractivity contribution in [1.82, 2.24) is 0 Å². The molecule has 3 atom stereocenters. The van der Waals surface area contributed by atoms with Crippen molar-refractivity contribution in [3.05, 3.63) is 76.4 Å². The number of fused-ring (bicyclic) bond motifs is 2. The summed E-state index contributed by atoms with van der Waals surface area (Å²) in [5, 5.41) is 54.1. The molecule has 0 saturated carbocycles. The van der Waals surface area contributed by atoms with Crippen LogP contribution in [0.3, 0.4) is 0 Å². The molecule has 0 radical (unpaired) electrons. The second-order valence-electron chi connectivity index (χ2n) is 10.1. The van der Waals surface area contributed by atoms with Gasteiger partial charge in [-0.2, -0.15) is 0 Å². The molecule has 1 heterocycles. The van der Waals surface area contributed by atoms with Crippen molar-refractivity contribution in [2.75, 3.05) is 0 Å². The molecule has 0 aromatic heterocycles. The molecule has 2 bridgehead atoms. The number of ether oxygens (including phenoxy) is 1. The van der Waals surface area contributed by atoms with Crippen LogP contribution in [0.2, 0.25) is 0 Å². The van der Waals surface area contributed by atoms with Gasteiger partial charge in [0.1, 0.15) is 45.8 Å². The van der Waals surface area contributed by atoms with E-state index in [-0.39, 0.29) is 74.5 Å². The first-order chi connectivity index (χ1) is 18.1. The number of aliphatic hydroxyl groups excluding tert-OH is 1. The lowest BCUT2D eigenvalue weighted by atomic mass is 9.62. The van der Waals surface area contributed by atoms with Gasteiger partial charge in [-0.25, -0.2) is 0 Å². The van der Waals surface area contributed by atoms with E-state index in [0.717, 1.165) is 6.08 Å². The minimum Gasteiger partial charge on any atom is -0.507 e. The topological polar surface area (TPSA) is 145 Å². The van der Waals surface area contributed by atoms with E-state index in [2.05, 4.69) is 0 Å². The molecule has 3 unspecified atom stereocenters. The Kier molecular flexibility index (Phi) is 5.07. The highest BCUT2D eigenvalue weighted by molar-refractivity contribution is 6.37. The van der Waals surface area contributed by atoms with Gasteiger partial charge in [-0.3, -0.25) is 9.59 Å². The summed E-state index contributed by atoms with van der Waals surface area (Å²) in [6.07, 6.45) is 0.972. The molecule has 8 heteroatoms. The lowest BCUT2D eigenvalue weighted by molar-refractivity contribution is -0.109. The number of aliphatic hydroxyl groups is 1. The summed E-state index contributed by atoms with van der Waals surface area (Å²) in [7, 11) is 0. The van der Waals surface area contributed by atoms with E-state index in [4.69, 9.17) is 4.74 Å². The van der Waals surface area contributed by atoms with Gasteiger partial charge in [0.15, 0.2) is 11.6 Å². The minimum absolute atomic E-state index is 0.00800. The largest absolute Gasteiger partial charge is 0.507 e. The van der Waals surface area contributed by atoms with Gasteiger partial charge in [-0.15, -0.1) is 0 Å². The number of carbonyl (C=O) groups is 2. The van der Waals surface area contributed by atoms with E-state index in [1.54, 1.807) is 0 Å². The summed E-state index contributed by atoms with van der Waals surface area (Å²) in [5.41, 5.74) is 1.26. The Balaban J connectivity index is 1.79. The lowest BCUT2D eigenvalue weighted by Crippen LogP contribution is -2.31. The van der Waals surface area contributed by atoms with Gasteiger partial charge in [-0.05, 0) is 47.6 Å². The maximum atomic E-state index is 13.6. The van der Waals surface area contributed by atoms with Crippen LogP contribution >= 0.6 is 0 Å². The molecule has 0 fully saturated rings. The van der Waals surface area contributed by atoms with E-state index >= 15 is 0 Å². The maximum Gasteiger partial charge on any atom is 0.190 e. The van der Waals surface area contributed by atoms with Crippen LogP contribution in [0.4, 0.5) is 0 Å². The number of carbonyl (C=O) groups excluding carboxylic acids is 2. The van der Waals surface area contributed by atoms with Crippen molar-refractivity contribution in [3.8, 4) is 34.5 Å². The van der Waals surface area contributed by atoms with Gasteiger partial charge in [0.2, 0.25) is 0 Å². The third-order valence-corrected chi connectivity index (χ3v) is 7.84. The van der Waals surface area contributed by atoms with Crippen LogP contribution in [0.1, 0.15) is 58.8 Å². The molecule has 38 heavy (non-hydrogen) atoms. The SMILES string of the molecule is CC1CC(=O)c2c(O)cccc2Oc2cc(O)c3c4c2C(C)C1C(c1c(O)cccc1O)=C4C(=O)C=C3O. The first-order valence-corrected chi connectivity index (χ1v) is 12.2. The predicted molar refractivity (Wildman–Crippen MR) is 139 cm³/mol. The molecule has 5 N–H and O–H groups in total. The molecule has 0 amide bonds. The molecule has 3 aromatic rings. The number of allylic oxidation sites excluding steroid dienone is 3. The fourth-order valence-corrected chi connectivity index (χ4v) is 6.37. The van der Waals surface area contributed by atoms with Crippen molar-refractivity contribution in [3.63, 3.8) is 0 Å². The first kappa shape index (κ1) is 23.7. The van der Waals surface area contributed by atoms with E-state index in [1.807, 2.05) is 13.8 Å². The van der Waals surface area contributed by atoms with Crippen LogP contribution < -0.4 is 4.74 Å². The lowest BCUT2D eigenvalue weighted by Gasteiger charge is -2.41. The van der Waals surface area contributed by atoms with E-state index in [1.165, 1.54) is 42.5 Å². The number of benzene rings is 3. The van der Waals surface area contributed by atoms with Crippen molar-refractivity contribution in [2.24, 2.45) is 11.8 Å². The van der Waals surface area contributed by atoms with Crippen LogP contribution in [0.5, 0.6) is 34.5 Å². The van der Waals surface area contributed by atoms with Crippen molar-refractivity contribution >= 4 is 28.5 Å². The zero-order chi connectivity index (χ0) is 27.0. The monoisotopic (exact) mass is 512 g/mol. The minimum atomic E-state index is -0.578. The Hall–Kier alpha value is -4.72. The van der Waals surface area contributed by atoms with Crippen LogP contribution in [0.25, 0.3) is 16.9 Å². The van der Waals surface area contributed by atoms with E-state index < -0.39 is 29.3 Å². The van der Waals surface area contributed by atoms with Gasteiger partial charge in [0.05, 0.1) is 11.1 Å². The van der Waals surface area contributed by atoms with Crippen LogP contribution in [0, 0.1) is 11.8 Å². The summed E-state index contributed by atoms with van der Waals surface area (Å²) in [6, 6.07) is 10.0. The number of phenolic OH excluding ortho intramolecular Hbond substituents is 4. The second-order valence-corrected chi connectivity index (χ2v) is 10.1. The molecule has 3 aliphatic rings. The molecule has 3 aromatic carbocycles. The fourth-order valence-electron chi connectivity index (χ4n) is 6.37. The molecular weight excluding hydrogens is 488 g/mol. The Morgan fingerprint density at radius 1 is 0.763 bits per heavy atom. The van der Waals surface area contributed by atoms with Gasteiger partial charge >= 0.3 is 0 Å². The highest BCUT2D eigenvalue weighted by atomic mass is 16.5. The van der Waals surface area contributed by atoms with Crippen molar-refractivity contribution < 1.29 is 39.9 Å². The average molecular weight is 513 g/mol. The Labute approximate surface area is 217 Å². The summed E-state index contributed by atoms with van der Waals surface area (Å²) in [5.74, 6) is -3.70. The zero-order valence-electron chi connectivity index (χ0n) is 20.5. The molecular formula is C30H24O8. The standard InChI is InChI=1S/C30H24O8/c1-12-9-17(34)25-14(31)7-4-8-21(25)38-22-11-20(37)27-18(35)10-19(36)28-29(23(12)13(2)24(22)30(27)28)26-15(32)5-3-6-16(26)33/h3-8,10-13,23,31-33,35,37H,9H2,1-2H3. The van der Waals surface area contributed by atoms with Crippen LogP contribution in [0.15, 0.2) is 48.5 Å². The number of phenols is 4. The highest BCUT2D eigenvalue weighted by Gasteiger charge is 2.46. The molecule has 8 nitrogen and oxygen atoms in total. The molecule has 0 spiro atoms. The summed E-state index contributed by atoms with van der Waals surface area (Å²) >= 11 is 0. The molecule has 1 aliphatic heterocycles. The summed E-state index contributed by atoms with van der Waals surface area (Å²) in [4.78, 5) is 27.1. The van der Waals surface area contributed by atoms with Crippen LogP contribution in [-0.2, 0) is 4.79 Å². The van der Waals surface area contributed by atoms with E-state index in [9.17, 15) is 35.1 Å². The molecule has 0 saturated heterocycles. The zero-order valence-corrected chi connectivity index (χ0v) is 20.5. The molecule has 192 valence electrons. The third kappa shape index (κ3) is 3.16. The third-order valence-electron chi connectivity index (χ3n) is 7.84. The normalized spacial score (nSPS) is 21.9. The van der Waals surface area contributed by atoms with Gasteiger partial charge in [0.25, 0.3) is 0 Å². The summed E-state index contributed by atoms with van der Waals surface area (Å²) in [6.45, 7) is 3.72. The predicted octanol–water partition coefficient (Wildman–Crippen LogP) is 5.65. The average Bonchev–Trinajstić information content (AvgIpc) is 2.82. The van der Waals surface area contributed by atoms with Gasteiger partial charge in [-0.1, -0.05) is 26.0 Å². The fraction of sp³-hybridized carbons (Fsp3) is 0.200. The maximum absolute atomic E-state index is 13.6. The number of aromatic hydroxyl groups is 4. The number of Topliss-reactive ketones (excluding diaryl/α,β-unsaturated/α-hetero) is 1. The Morgan fingerprint density at radius 2 is 1.39 bits per heavy atom. The Bertz CT molecular complexity index is 1620. The number of hydrogen-bond donors (Lipinski definition) is 5. The molecule has 2 aliphatic carbocycles. The van der Waals surface area contributed by atoms with Crippen molar-refractivity contribution in [1.29, 1.82) is 0 Å². The van der Waals surface area contributed by atoms with Crippen LogP contribution in [-0.4, -0.2) is 37.1 Å². The van der Waals surface area contributed by atoms with Crippen molar-refractivity contribution in [2.45, 2.75) is 26.2 Å². The smallest absolute Gasteiger partial charge is 0.190 e. The number of rotatable bonds is 1. The number of hydrogen-bond acceptors (Lipinski definition) is 8. The highest BCUT2D eigenvalue weighted by Crippen LogP contribution is 2.60. The quantitative estimate of drug-likeness (QED) is 0.281. The first-order valence-electron chi connectivity index (χ1n) is 12.2.